The lowest BCUT2D eigenvalue weighted by atomic mass is 10.3. The number of rotatable bonds is 2. The lowest BCUT2D eigenvalue weighted by Gasteiger charge is -1.99. The van der Waals surface area contributed by atoms with Gasteiger partial charge >= 0.3 is 0 Å². The molecular formula is C14H9FN4OS2. The Labute approximate surface area is 132 Å². The summed E-state index contributed by atoms with van der Waals surface area (Å²) in [7, 11) is 0. The number of aryl methyl sites for hydroxylation is 1. The van der Waals surface area contributed by atoms with Gasteiger partial charge in [-0.15, -0.1) is 11.5 Å². The molecule has 0 spiro atoms. The third-order valence-corrected chi connectivity index (χ3v) is 4.79. The molecule has 5 nitrogen and oxygen atoms in total. The highest BCUT2D eigenvalue weighted by molar-refractivity contribution is 7.16. The van der Waals surface area contributed by atoms with E-state index in [2.05, 4.69) is 20.5 Å². The van der Waals surface area contributed by atoms with Gasteiger partial charge in [0.2, 0.25) is 0 Å². The van der Waals surface area contributed by atoms with Gasteiger partial charge < -0.3 is 4.57 Å². The van der Waals surface area contributed by atoms with Gasteiger partial charge in [0.25, 0.3) is 5.91 Å². The van der Waals surface area contributed by atoms with Gasteiger partial charge in [-0.1, -0.05) is 21.7 Å². The van der Waals surface area contributed by atoms with Gasteiger partial charge in [0.1, 0.15) is 10.7 Å². The van der Waals surface area contributed by atoms with E-state index in [1.165, 1.54) is 23.5 Å². The van der Waals surface area contributed by atoms with Crippen molar-refractivity contribution >= 4 is 39.0 Å². The molecule has 0 fully saturated rings. The summed E-state index contributed by atoms with van der Waals surface area (Å²) in [5.41, 5.74) is 1.28. The zero-order valence-electron chi connectivity index (χ0n) is 11.4. The fourth-order valence-electron chi connectivity index (χ4n) is 1.94. The van der Waals surface area contributed by atoms with Crippen molar-refractivity contribution in [2.75, 3.05) is 0 Å². The summed E-state index contributed by atoms with van der Waals surface area (Å²) in [4.78, 5) is 17.1. The van der Waals surface area contributed by atoms with Gasteiger partial charge in [-0.05, 0) is 36.7 Å². The molecule has 0 aliphatic heterocycles. The Morgan fingerprint density at radius 2 is 2.36 bits per heavy atom. The van der Waals surface area contributed by atoms with Crippen LogP contribution in [0.15, 0.2) is 23.2 Å². The molecule has 22 heavy (non-hydrogen) atoms. The van der Waals surface area contributed by atoms with Gasteiger partial charge in [0, 0.05) is 0 Å². The Kier molecular flexibility index (Phi) is 3.83. The van der Waals surface area contributed by atoms with Crippen molar-refractivity contribution in [2.24, 2.45) is 4.99 Å². The second-order valence-corrected chi connectivity index (χ2v) is 6.15. The summed E-state index contributed by atoms with van der Waals surface area (Å²) in [6.07, 6.45) is 5.37. The zero-order chi connectivity index (χ0) is 15.7. The van der Waals surface area contributed by atoms with Crippen molar-refractivity contribution in [2.45, 2.75) is 13.5 Å². The number of benzene rings is 1. The molecule has 0 saturated carbocycles. The lowest BCUT2D eigenvalue weighted by Crippen LogP contribution is -2.16. The van der Waals surface area contributed by atoms with Crippen LogP contribution < -0.4 is 4.80 Å². The summed E-state index contributed by atoms with van der Waals surface area (Å²) in [5, 5.41) is 3.79. The summed E-state index contributed by atoms with van der Waals surface area (Å²) >= 11 is 2.21. The Morgan fingerprint density at radius 1 is 1.55 bits per heavy atom. The quantitative estimate of drug-likeness (QED) is 0.677. The summed E-state index contributed by atoms with van der Waals surface area (Å²) in [6, 6.07) is 4.38. The number of aromatic nitrogens is 3. The van der Waals surface area contributed by atoms with Crippen molar-refractivity contribution in [3.8, 4) is 12.3 Å². The minimum Gasteiger partial charge on any atom is -0.305 e. The van der Waals surface area contributed by atoms with Crippen molar-refractivity contribution in [1.29, 1.82) is 0 Å². The summed E-state index contributed by atoms with van der Waals surface area (Å²) in [5.74, 6) is 1.75. The predicted molar refractivity (Wildman–Crippen MR) is 83.1 cm³/mol. The molecule has 2 aromatic heterocycles. The third-order valence-electron chi connectivity index (χ3n) is 2.94. The average Bonchev–Trinajstić information content (AvgIpc) is 3.03. The fraction of sp³-hybridized carbons (Fsp3) is 0.143. The van der Waals surface area contributed by atoms with Gasteiger partial charge in [-0.3, -0.25) is 4.79 Å². The van der Waals surface area contributed by atoms with Crippen LogP contribution in [0.5, 0.6) is 0 Å². The standard InChI is InChI=1S/C14H9FN4OS2/c1-3-6-19-10-5-4-9(15)7-11(10)21-14(19)16-13(20)12-8(2)17-18-22-12/h1,4-5,7H,6H2,2H3. The molecule has 0 aliphatic rings. The van der Waals surface area contributed by atoms with E-state index in [4.69, 9.17) is 6.42 Å². The van der Waals surface area contributed by atoms with Crippen LogP contribution >= 0.6 is 22.9 Å². The molecule has 0 bridgehead atoms. The van der Waals surface area contributed by atoms with E-state index in [0.717, 1.165) is 17.0 Å². The van der Waals surface area contributed by atoms with Gasteiger partial charge in [-0.25, -0.2) is 4.39 Å². The number of carbonyl (C=O) groups is 1. The minimum absolute atomic E-state index is 0.248. The highest BCUT2D eigenvalue weighted by atomic mass is 32.1. The van der Waals surface area contributed by atoms with E-state index < -0.39 is 5.91 Å². The minimum atomic E-state index is -0.426. The smallest absolute Gasteiger partial charge is 0.293 e. The normalized spacial score (nSPS) is 11.8. The molecule has 3 rings (SSSR count). The molecule has 110 valence electrons. The lowest BCUT2D eigenvalue weighted by molar-refractivity contribution is 0.100. The molecule has 3 aromatic rings. The molecule has 1 aromatic carbocycles. The van der Waals surface area contributed by atoms with Crippen LogP contribution in [0.3, 0.4) is 0 Å². The van der Waals surface area contributed by atoms with E-state index >= 15 is 0 Å². The third kappa shape index (κ3) is 2.56. The summed E-state index contributed by atoms with van der Waals surface area (Å²) in [6.45, 7) is 1.94. The van der Waals surface area contributed by atoms with E-state index in [0.29, 0.717) is 20.1 Å². The van der Waals surface area contributed by atoms with Gasteiger partial charge in [0.15, 0.2) is 4.80 Å². The molecule has 0 radical (unpaired) electrons. The predicted octanol–water partition coefficient (Wildman–Crippen LogP) is 2.38. The number of terminal acetylenes is 1. The first kappa shape index (κ1) is 14.6. The first-order valence-corrected chi connectivity index (χ1v) is 7.79. The first-order valence-electron chi connectivity index (χ1n) is 6.20. The van der Waals surface area contributed by atoms with Crippen molar-refractivity contribution in [1.82, 2.24) is 14.2 Å². The number of carbonyl (C=O) groups excluding carboxylic acids is 1. The number of nitrogens with zero attached hydrogens (tertiary/aromatic N) is 4. The van der Waals surface area contributed by atoms with Crippen LogP contribution in [0, 0.1) is 25.1 Å². The fourth-order valence-corrected chi connectivity index (χ4v) is 3.54. The topological polar surface area (TPSA) is 60.1 Å². The first-order chi connectivity index (χ1) is 10.6. The maximum Gasteiger partial charge on any atom is 0.293 e. The SMILES string of the molecule is C#CCn1c(=NC(=O)c2snnc2C)sc2cc(F)ccc21. The molecule has 0 atom stereocenters. The molecular weight excluding hydrogens is 323 g/mol. The van der Waals surface area contributed by atoms with Crippen LogP contribution in [0.25, 0.3) is 10.2 Å². The van der Waals surface area contributed by atoms with Crippen molar-refractivity contribution in [3.63, 3.8) is 0 Å². The van der Waals surface area contributed by atoms with E-state index in [9.17, 15) is 9.18 Å². The number of amides is 1. The molecule has 0 saturated heterocycles. The van der Waals surface area contributed by atoms with Gasteiger partial charge in [-0.2, -0.15) is 4.99 Å². The second kappa shape index (κ2) is 5.79. The highest BCUT2D eigenvalue weighted by Crippen LogP contribution is 2.19. The molecule has 0 aliphatic carbocycles. The maximum atomic E-state index is 13.3. The van der Waals surface area contributed by atoms with Crippen molar-refractivity contribution < 1.29 is 9.18 Å². The number of fused-ring (bicyclic) bond motifs is 1. The Hall–Kier alpha value is -2.37. The van der Waals surface area contributed by atoms with Gasteiger partial charge in [0.05, 0.1) is 22.5 Å². The number of hydrogen-bond donors (Lipinski definition) is 0. The molecule has 1 amide bonds. The molecule has 2 heterocycles. The van der Waals surface area contributed by atoms with Crippen LogP contribution in [0.2, 0.25) is 0 Å². The van der Waals surface area contributed by atoms with E-state index in [1.807, 2.05) is 0 Å². The van der Waals surface area contributed by atoms with Crippen molar-refractivity contribution in [3.05, 3.63) is 39.4 Å². The molecule has 0 N–H and O–H groups in total. The largest absolute Gasteiger partial charge is 0.305 e. The monoisotopic (exact) mass is 332 g/mol. The molecule has 0 unspecified atom stereocenters. The maximum absolute atomic E-state index is 13.3. The second-order valence-electron chi connectivity index (χ2n) is 4.39. The highest BCUT2D eigenvalue weighted by Gasteiger charge is 2.14. The van der Waals surface area contributed by atoms with Crippen LogP contribution in [0.1, 0.15) is 15.4 Å². The number of halogens is 1. The number of thiazole rings is 1. The average molecular weight is 332 g/mol. The van der Waals surface area contributed by atoms with E-state index in [1.54, 1.807) is 17.6 Å². The zero-order valence-corrected chi connectivity index (χ0v) is 13.0. The van der Waals surface area contributed by atoms with Crippen LogP contribution in [-0.4, -0.2) is 20.1 Å². The van der Waals surface area contributed by atoms with E-state index in [-0.39, 0.29) is 12.4 Å². The Morgan fingerprint density at radius 3 is 3.05 bits per heavy atom. The molecule has 8 heteroatoms. The summed E-state index contributed by atoms with van der Waals surface area (Å²) < 4.78 is 19.5. The number of hydrogen-bond acceptors (Lipinski definition) is 5. The Balaban J connectivity index is 2.19. The Bertz CT molecular complexity index is 977. The van der Waals surface area contributed by atoms with Crippen LogP contribution in [-0.2, 0) is 6.54 Å². The van der Waals surface area contributed by atoms with Crippen LogP contribution in [0.4, 0.5) is 4.39 Å².